The summed E-state index contributed by atoms with van der Waals surface area (Å²) < 4.78 is 5.28. The highest BCUT2D eigenvalue weighted by Gasteiger charge is 2.57. The molecule has 2 rings (SSSR count). The number of aliphatic hydroxyl groups is 1. The molecule has 0 aliphatic heterocycles. The van der Waals surface area contributed by atoms with Gasteiger partial charge >= 0.3 is 0 Å². The highest BCUT2D eigenvalue weighted by atomic mass is 16.5. The van der Waals surface area contributed by atoms with Crippen LogP contribution >= 0.6 is 0 Å². The van der Waals surface area contributed by atoms with Crippen LogP contribution in [0.4, 0.5) is 0 Å². The second-order valence-corrected chi connectivity index (χ2v) is 6.31. The minimum atomic E-state index is -0.668. The van der Waals surface area contributed by atoms with Crippen molar-refractivity contribution in [3.63, 3.8) is 0 Å². The molecule has 0 aromatic carbocycles. The summed E-state index contributed by atoms with van der Waals surface area (Å²) >= 11 is 0. The summed E-state index contributed by atoms with van der Waals surface area (Å²) in [5, 5.41) is 10.8. The van der Waals surface area contributed by atoms with Crippen molar-refractivity contribution in [2.45, 2.75) is 63.2 Å². The topological polar surface area (TPSA) is 55.5 Å². The minimum absolute atomic E-state index is 0.251. The second-order valence-electron chi connectivity index (χ2n) is 6.31. The van der Waals surface area contributed by atoms with Gasteiger partial charge in [-0.3, -0.25) is 0 Å². The summed E-state index contributed by atoms with van der Waals surface area (Å²) in [6.07, 6.45) is 4.78. The van der Waals surface area contributed by atoms with Gasteiger partial charge in [0.05, 0.1) is 11.7 Å². The monoisotopic (exact) mass is 227 g/mol. The Morgan fingerprint density at radius 2 is 1.62 bits per heavy atom. The lowest BCUT2D eigenvalue weighted by molar-refractivity contribution is -0.155. The molecule has 16 heavy (non-hydrogen) atoms. The van der Waals surface area contributed by atoms with E-state index >= 15 is 0 Å². The fourth-order valence-corrected chi connectivity index (χ4v) is 3.80. The molecule has 94 valence electrons. The Kier molecular flexibility index (Phi) is 3.06. The van der Waals surface area contributed by atoms with Crippen LogP contribution in [0, 0.1) is 11.8 Å². The van der Waals surface area contributed by atoms with Gasteiger partial charge in [0.25, 0.3) is 0 Å². The van der Waals surface area contributed by atoms with E-state index in [9.17, 15) is 5.11 Å². The van der Waals surface area contributed by atoms with Crippen LogP contribution in [0.5, 0.6) is 0 Å². The minimum Gasteiger partial charge on any atom is -0.388 e. The van der Waals surface area contributed by atoms with Crippen LogP contribution in [0.3, 0.4) is 0 Å². The van der Waals surface area contributed by atoms with Gasteiger partial charge in [0.2, 0.25) is 0 Å². The number of methoxy groups -OCH3 is 1. The van der Waals surface area contributed by atoms with Crippen LogP contribution in [0.1, 0.15) is 46.0 Å². The molecule has 0 bridgehead atoms. The van der Waals surface area contributed by atoms with Gasteiger partial charge in [-0.1, -0.05) is 13.8 Å². The standard InChI is InChI=1S/C13H25NO2/c1-9-4-10(2)6-13(15,5-9)12(14)7-11(8-12)16-3/h9-11,15H,4-8,14H2,1-3H3. The van der Waals surface area contributed by atoms with Crippen molar-refractivity contribution in [3.05, 3.63) is 0 Å². The van der Waals surface area contributed by atoms with Crippen molar-refractivity contribution < 1.29 is 9.84 Å². The largest absolute Gasteiger partial charge is 0.388 e. The SMILES string of the molecule is COC1CC(N)(C2(O)CC(C)CC(C)C2)C1. The maximum Gasteiger partial charge on any atom is 0.0833 e. The van der Waals surface area contributed by atoms with E-state index in [2.05, 4.69) is 13.8 Å². The molecule has 0 heterocycles. The van der Waals surface area contributed by atoms with E-state index in [1.165, 1.54) is 6.42 Å². The average Bonchev–Trinajstić information content (AvgIpc) is 2.10. The van der Waals surface area contributed by atoms with Crippen LogP contribution in [0.2, 0.25) is 0 Å². The third-order valence-electron chi connectivity index (χ3n) is 4.62. The molecule has 2 saturated carbocycles. The van der Waals surface area contributed by atoms with E-state index in [4.69, 9.17) is 10.5 Å². The lowest BCUT2D eigenvalue weighted by Gasteiger charge is -2.57. The fourth-order valence-electron chi connectivity index (χ4n) is 3.80. The van der Waals surface area contributed by atoms with Gasteiger partial charge in [-0.15, -0.1) is 0 Å². The predicted molar refractivity (Wildman–Crippen MR) is 64.1 cm³/mol. The number of nitrogens with two attached hydrogens (primary N) is 1. The smallest absolute Gasteiger partial charge is 0.0833 e. The molecule has 3 nitrogen and oxygen atoms in total. The molecule has 0 radical (unpaired) electrons. The van der Waals surface area contributed by atoms with Gasteiger partial charge in [0, 0.05) is 12.6 Å². The molecule has 0 amide bonds. The first-order valence-electron chi connectivity index (χ1n) is 6.42. The van der Waals surface area contributed by atoms with Gasteiger partial charge in [-0.25, -0.2) is 0 Å². The Hall–Kier alpha value is -0.120. The Morgan fingerprint density at radius 3 is 2.06 bits per heavy atom. The molecule has 3 N–H and O–H groups in total. The van der Waals surface area contributed by atoms with E-state index < -0.39 is 11.1 Å². The number of rotatable bonds is 2. The van der Waals surface area contributed by atoms with Crippen molar-refractivity contribution in [1.29, 1.82) is 0 Å². The third-order valence-corrected chi connectivity index (χ3v) is 4.62. The van der Waals surface area contributed by atoms with Gasteiger partial charge in [0.15, 0.2) is 0 Å². The Balaban J connectivity index is 2.07. The van der Waals surface area contributed by atoms with Crippen LogP contribution < -0.4 is 5.73 Å². The Morgan fingerprint density at radius 1 is 1.12 bits per heavy atom. The molecule has 2 aliphatic rings. The molecule has 0 spiro atoms. The van der Waals surface area contributed by atoms with Crippen LogP contribution in [0.25, 0.3) is 0 Å². The average molecular weight is 227 g/mol. The normalized spacial score (nSPS) is 53.4. The molecule has 2 aliphatic carbocycles. The zero-order valence-corrected chi connectivity index (χ0v) is 10.7. The van der Waals surface area contributed by atoms with Crippen molar-refractivity contribution in [2.24, 2.45) is 17.6 Å². The Labute approximate surface area is 98.4 Å². The van der Waals surface area contributed by atoms with E-state index in [1.54, 1.807) is 7.11 Å². The van der Waals surface area contributed by atoms with Crippen molar-refractivity contribution in [2.75, 3.05) is 7.11 Å². The molecule has 0 saturated heterocycles. The third kappa shape index (κ3) is 1.89. The molecule has 2 fully saturated rings. The maximum atomic E-state index is 10.8. The number of hydrogen-bond acceptors (Lipinski definition) is 3. The molecule has 0 aromatic rings. The predicted octanol–water partition coefficient (Wildman–Crippen LogP) is 1.68. The zero-order chi connectivity index (χ0) is 12.0. The lowest BCUT2D eigenvalue weighted by Crippen LogP contribution is -2.70. The van der Waals surface area contributed by atoms with E-state index in [0.717, 1.165) is 25.7 Å². The van der Waals surface area contributed by atoms with Crippen molar-refractivity contribution in [3.8, 4) is 0 Å². The van der Waals surface area contributed by atoms with Crippen molar-refractivity contribution in [1.82, 2.24) is 0 Å². The summed E-state index contributed by atoms with van der Waals surface area (Å²) in [6, 6.07) is 0. The summed E-state index contributed by atoms with van der Waals surface area (Å²) in [5.41, 5.74) is 5.30. The van der Waals surface area contributed by atoms with Crippen LogP contribution in [0.15, 0.2) is 0 Å². The van der Waals surface area contributed by atoms with Gasteiger partial charge < -0.3 is 15.6 Å². The van der Waals surface area contributed by atoms with Crippen molar-refractivity contribution >= 4 is 0 Å². The summed E-state index contributed by atoms with van der Waals surface area (Å²) in [6.45, 7) is 4.44. The summed E-state index contributed by atoms with van der Waals surface area (Å²) in [7, 11) is 1.72. The summed E-state index contributed by atoms with van der Waals surface area (Å²) in [4.78, 5) is 0. The first kappa shape index (κ1) is 12.3. The first-order valence-corrected chi connectivity index (χ1v) is 6.42. The summed E-state index contributed by atoms with van der Waals surface area (Å²) in [5.74, 6) is 1.16. The highest BCUT2D eigenvalue weighted by Crippen LogP contribution is 2.49. The lowest BCUT2D eigenvalue weighted by atomic mass is 9.57. The van der Waals surface area contributed by atoms with Gasteiger partial charge in [-0.2, -0.15) is 0 Å². The molecular weight excluding hydrogens is 202 g/mol. The number of hydrogen-bond donors (Lipinski definition) is 2. The van der Waals surface area contributed by atoms with E-state index in [1.807, 2.05) is 0 Å². The van der Waals surface area contributed by atoms with E-state index in [0.29, 0.717) is 11.8 Å². The quantitative estimate of drug-likeness (QED) is 0.754. The Bertz CT molecular complexity index is 251. The van der Waals surface area contributed by atoms with Crippen LogP contribution in [-0.2, 0) is 4.74 Å². The number of ether oxygens (including phenoxy) is 1. The molecule has 3 heteroatoms. The molecule has 2 unspecified atom stereocenters. The van der Waals surface area contributed by atoms with Gasteiger partial charge in [0.1, 0.15) is 0 Å². The van der Waals surface area contributed by atoms with Gasteiger partial charge in [-0.05, 0) is 43.9 Å². The second kappa shape index (κ2) is 3.97. The first-order chi connectivity index (χ1) is 7.38. The molecular formula is C13H25NO2. The van der Waals surface area contributed by atoms with E-state index in [-0.39, 0.29) is 6.10 Å². The molecule has 2 atom stereocenters. The molecule has 0 aromatic heterocycles. The highest BCUT2D eigenvalue weighted by molar-refractivity contribution is 5.14. The maximum absolute atomic E-state index is 10.8. The fraction of sp³-hybridized carbons (Fsp3) is 1.00. The van der Waals surface area contributed by atoms with Crippen LogP contribution in [-0.4, -0.2) is 29.5 Å². The zero-order valence-electron chi connectivity index (χ0n) is 10.7.